The van der Waals surface area contributed by atoms with Gasteiger partial charge in [0.15, 0.2) is 6.61 Å². The highest BCUT2D eigenvalue weighted by atomic mass is 19.3. The average molecular weight is 239 g/mol. The summed E-state index contributed by atoms with van der Waals surface area (Å²) in [5, 5.41) is 0. The minimum Gasteiger partial charge on any atom is -0.487 e. The van der Waals surface area contributed by atoms with Crippen molar-refractivity contribution in [2.45, 2.75) is 12.3 Å². The SMILES string of the molecule is NNc1cc(OCC(F)(F)C(F)F)ccn1. The summed E-state index contributed by atoms with van der Waals surface area (Å²) < 4.78 is 53.0. The number of alkyl halides is 4. The third-order valence-corrected chi connectivity index (χ3v) is 1.63. The summed E-state index contributed by atoms with van der Waals surface area (Å²) in [6.07, 6.45) is -2.52. The first-order valence-corrected chi connectivity index (χ1v) is 4.17. The van der Waals surface area contributed by atoms with Crippen molar-refractivity contribution in [2.75, 3.05) is 12.0 Å². The quantitative estimate of drug-likeness (QED) is 0.466. The monoisotopic (exact) mass is 239 g/mol. The summed E-state index contributed by atoms with van der Waals surface area (Å²) in [5.74, 6) is 0.986. The van der Waals surface area contributed by atoms with Crippen molar-refractivity contribution in [3.05, 3.63) is 18.3 Å². The second-order valence-corrected chi connectivity index (χ2v) is 2.87. The number of anilines is 1. The minimum absolute atomic E-state index is 0.0247. The number of nitrogens with one attached hydrogen (secondary N) is 1. The van der Waals surface area contributed by atoms with E-state index in [-0.39, 0.29) is 11.6 Å². The Morgan fingerprint density at radius 1 is 1.50 bits per heavy atom. The number of nitrogens with zero attached hydrogens (tertiary/aromatic N) is 1. The Bertz CT molecular complexity index is 348. The number of hydrogen-bond donors (Lipinski definition) is 2. The Morgan fingerprint density at radius 3 is 2.75 bits per heavy atom. The van der Waals surface area contributed by atoms with Gasteiger partial charge in [0.25, 0.3) is 0 Å². The Hall–Kier alpha value is -1.57. The van der Waals surface area contributed by atoms with Gasteiger partial charge in [-0.15, -0.1) is 0 Å². The van der Waals surface area contributed by atoms with Gasteiger partial charge in [0.2, 0.25) is 0 Å². The van der Waals surface area contributed by atoms with Crippen LogP contribution in [0, 0.1) is 0 Å². The zero-order valence-electron chi connectivity index (χ0n) is 7.96. The van der Waals surface area contributed by atoms with Crippen molar-refractivity contribution >= 4 is 5.82 Å². The molecule has 0 aromatic carbocycles. The predicted octanol–water partition coefficient (Wildman–Crippen LogP) is 1.65. The second-order valence-electron chi connectivity index (χ2n) is 2.87. The van der Waals surface area contributed by atoms with Gasteiger partial charge in [0.05, 0.1) is 0 Å². The minimum atomic E-state index is -4.18. The van der Waals surface area contributed by atoms with E-state index in [0.29, 0.717) is 0 Å². The van der Waals surface area contributed by atoms with Gasteiger partial charge in [-0.3, -0.25) is 0 Å². The molecule has 3 N–H and O–H groups in total. The molecule has 0 atom stereocenters. The van der Waals surface area contributed by atoms with Crippen LogP contribution in [-0.2, 0) is 0 Å². The molecule has 0 aliphatic heterocycles. The zero-order valence-corrected chi connectivity index (χ0v) is 7.96. The van der Waals surface area contributed by atoms with Crippen LogP contribution in [0.15, 0.2) is 18.3 Å². The fourth-order valence-corrected chi connectivity index (χ4v) is 0.822. The van der Waals surface area contributed by atoms with Crippen molar-refractivity contribution in [3.8, 4) is 5.75 Å². The van der Waals surface area contributed by atoms with Crippen molar-refractivity contribution in [3.63, 3.8) is 0 Å². The van der Waals surface area contributed by atoms with E-state index in [0.717, 1.165) is 0 Å². The van der Waals surface area contributed by atoms with Gasteiger partial charge in [-0.2, -0.15) is 8.78 Å². The van der Waals surface area contributed by atoms with E-state index in [4.69, 9.17) is 5.84 Å². The Balaban J connectivity index is 2.60. The maximum atomic E-state index is 12.5. The van der Waals surface area contributed by atoms with E-state index in [1.807, 2.05) is 0 Å². The van der Waals surface area contributed by atoms with Crippen LogP contribution in [0.25, 0.3) is 0 Å². The van der Waals surface area contributed by atoms with Gasteiger partial charge in [-0.25, -0.2) is 19.6 Å². The molecule has 0 amide bonds. The number of ether oxygens (including phenoxy) is 1. The van der Waals surface area contributed by atoms with Crippen LogP contribution in [0.3, 0.4) is 0 Å². The number of rotatable bonds is 5. The smallest absolute Gasteiger partial charge is 0.340 e. The molecule has 1 heterocycles. The summed E-state index contributed by atoms with van der Waals surface area (Å²) in [5.41, 5.74) is 2.16. The molecule has 0 aliphatic carbocycles. The summed E-state index contributed by atoms with van der Waals surface area (Å²) >= 11 is 0. The predicted molar refractivity (Wildman–Crippen MR) is 48.5 cm³/mol. The van der Waals surface area contributed by atoms with E-state index in [1.165, 1.54) is 18.3 Å². The fraction of sp³-hybridized carbons (Fsp3) is 0.375. The third kappa shape index (κ3) is 3.23. The fourth-order valence-electron chi connectivity index (χ4n) is 0.822. The van der Waals surface area contributed by atoms with E-state index in [9.17, 15) is 17.6 Å². The van der Waals surface area contributed by atoms with Crippen molar-refractivity contribution in [1.82, 2.24) is 4.98 Å². The Kier molecular flexibility index (Phi) is 3.88. The van der Waals surface area contributed by atoms with Gasteiger partial charge in [0.1, 0.15) is 11.6 Å². The highest BCUT2D eigenvalue weighted by molar-refractivity contribution is 5.39. The van der Waals surface area contributed by atoms with Crippen LogP contribution >= 0.6 is 0 Å². The standard InChI is InChI=1S/C8H9F4N3O/c9-7(10)8(11,12)4-16-5-1-2-14-6(3-5)15-13/h1-3,7H,4,13H2,(H,14,15). The maximum Gasteiger partial charge on any atom is 0.340 e. The molecule has 1 rings (SSSR count). The van der Waals surface area contributed by atoms with Gasteiger partial charge in [-0.05, 0) is 6.07 Å². The zero-order chi connectivity index (χ0) is 12.2. The molecule has 0 saturated heterocycles. The van der Waals surface area contributed by atoms with Crippen LogP contribution in [0.4, 0.5) is 23.4 Å². The maximum absolute atomic E-state index is 12.5. The van der Waals surface area contributed by atoms with Gasteiger partial charge >= 0.3 is 12.3 Å². The molecule has 1 aromatic heterocycles. The first-order valence-electron chi connectivity index (χ1n) is 4.17. The summed E-state index contributed by atoms with van der Waals surface area (Å²) in [7, 11) is 0. The molecule has 8 heteroatoms. The summed E-state index contributed by atoms with van der Waals surface area (Å²) in [4.78, 5) is 3.69. The molecule has 0 unspecified atom stereocenters. The number of halogens is 4. The normalized spacial score (nSPS) is 11.6. The lowest BCUT2D eigenvalue weighted by molar-refractivity contribution is -0.148. The number of hydrazine groups is 1. The van der Waals surface area contributed by atoms with E-state index in [2.05, 4.69) is 15.1 Å². The second kappa shape index (κ2) is 4.97. The molecule has 0 radical (unpaired) electrons. The Labute approximate surface area is 88.4 Å². The van der Waals surface area contributed by atoms with Crippen LogP contribution in [0.2, 0.25) is 0 Å². The topological polar surface area (TPSA) is 60.2 Å². The lowest BCUT2D eigenvalue weighted by atomic mass is 10.3. The highest BCUT2D eigenvalue weighted by Crippen LogP contribution is 2.24. The first-order chi connectivity index (χ1) is 7.45. The van der Waals surface area contributed by atoms with E-state index >= 15 is 0 Å². The lowest BCUT2D eigenvalue weighted by Crippen LogP contribution is -2.33. The van der Waals surface area contributed by atoms with Crippen LogP contribution < -0.4 is 16.0 Å². The largest absolute Gasteiger partial charge is 0.487 e. The average Bonchev–Trinajstić information content (AvgIpc) is 2.26. The number of pyridine rings is 1. The molecule has 0 aliphatic rings. The third-order valence-electron chi connectivity index (χ3n) is 1.63. The molecule has 4 nitrogen and oxygen atoms in total. The Morgan fingerprint density at radius 2 is 2.19 bits per heavy atom. The summed E-state index contributed by atoms with van der Waals surface area (Å²) in [6.45, 7) is -1.40. The molecule has 0 spiro atoms. The number of nitrogen functional groups attached to an aromatic ring is 1. The van der Waals surface area contributed by atoms with Crippen molar-refractivity contribution in [2.24, 2.45) is 5.84 Å². The molecule has 0 bridgehead atoms. The highest BCUT2D eigenvalue weighted by Gasteiger charge is 2.41. The molecule has 1 aromatic rings. The van der Waals surface area contributed by atoms with Crippen molar-refractivity contribution in [1.29, 1.82) is 0 Å². The molecule has 0 saturated carbocycles. The van der Waals surface area contributed by atoms with E-state index in [1.54, 1.807) is 0 Å². The van der Waals surface area contributed by atoms with Crippen LogP contribution in [-0.4, -0.2) is 23.9 Å². The first kappa shape index (κ1) is 12.5. The molecule has 90 valence electrons. The number of nitrogens with two attached hydrogens (primary N) is 1. The lowest BCUT2D eigenvalue weighted by Gasteiger charge is -2.16. The van der Waals surface area contributed by atoms with Crippen LogP contribution in [0.1, 0.15) is 0 Å². The molecule has 16 heavy (non-hydrogen) atoms. The number of aromatic nitrogens is 1. The van der Waals surface area contributed by atoms with Gasteiger partial charge < -0.3 is 10.2 Å². The molecule has 0 fully saturated rings. The van der Waals surface area contributed by atoms with Gasteiger partial charge in [0, 0.05) is 12.3 Å². The molecular formula is C8H9F4N3O. The number of hydrogen-bond acceptors (Lipinski definition) is 4. The molecular weight excluding hydrogens is 230 g/mol. The van der Waals surface area contributed by atoms with E-state index < -0.39 is 19.0 Å². The van der Waals surface area contributed by atoms with Gasteiger partial charge in [-0.1, -0.05) is 0 Å². The van der Waals surface area contributed by atoms with Crippen LogP contribution in [0.5, 0.6) is 5.75 Å². The van der Waals surface area contributed by atoms with Crippen molar-refractivity contribution < 1.29 is 22.3 Å². The summed E-state index contributed by atoms with van der Waals surface area (Å²) in [6, 6.07) is 2.46.